The molecule has 0 rings (SSSR count). The minimum atomic E-state index is -4.74. The lowest BCUT2D eigenvalue weighted by Crippen LogP contribution is -2.43. The molecule has 50 heavy (non-hydrogen) atoms. The third kappa shape index (κ3) is 32.9. The Morgan fingerprint density at radius 1 is 0.640 bits per heavy atom. The molecule has 0 aliphatic rings. The first-order valence-electron chi connectivity index (χ1n) is 19.0. The first-order valence-corrected chi connectivity index (χ1v) is 20.5. The Hall–Kier alpha value is -2.30. The zero-order valence-corrected chi connectivity index (χ0v) is 31.8. The van der Waals surface area contributed by atoms with Gasteiger partial charge in [-0.3, -0.25) is 18.6 Å². The van der Waals surface area contributed by atoms with Gasteiger partial charge in [0.15, 0.2) is 6.04 Å². The van der Waals surface area contributed by atoms with Gasteiger partial charge in [-0.25, -0.2) is 9.36 Å². The molecule has 0 radical (unpaired) electrons. The van der Waals surface area contributed by atoms with Gasteiger partial charge in [-0.15, -0.1) is 0 Å². The lowest BCUT2D eigenvalue weighted by atomic mass is 10.1. The van der Waals surface area contributed by atoms with Gasteiger partial charge in [-0.2, -0.15) is 0 Å². The summed E-state index contributed by atoms with van der Waals surface area (Å²) < 4.78 is 26.6. The molecule has 4 N–H and O–H groups in total. The smallest absolute Gasteiger partial charge is 0.472 e. The molecule has 3 unspecified atom stereocenters. The number of rotatable bonds is 35. The summed E-state index contributed by atoms with van der Waals surface area (Å²) >= 11 is 0. The number of aliphatic hydroxyl groups is 1. The number of amides is 1. The number of carbonyl (C=O) groups excluding carboxylic acids is 2. The van der Waals surface area contributed by atoms with Gasteiger partial charge in [0.1, 0.15) is 12.7 Å². The third-order valence-electron chi connectivity index (χ3n) is 7.93. The predicted molar refractivity (Wildman–Crippen MR) is 199 cm³/mol. The van der Waals surface area contributed by atoms with Crippen LogP contribution in [0.1, 0.15) is 155 Å². The largest absolute Gasteiger partial charge is 0.480 e. The molecular weight excluding hydrogens is 661 g/mol. The minimum absolute atomic E-state index is 0.140. The van der Waals surface area contributed by atoms with Gasteiger partial charge < -0.3 is 25.2 Å². The Bertz CT molecular complexity index is 1000. The van der Waals surface area contributed by atoms with Crippen LogP contribution in [0.5, 0.6) is 0 Å². The number of hydrogen-bond donors (Lipinski definition) is 4. The van der Waals surface area contributed by atoms with E-state index in [1.165, 1.54) is 51.4 Å². The highest BCUT2D eigenvalue weighted by Gasteiger charge is 2.28. The first-order chi connectivity index (χ1) is 24.1. The molecule has 0 spiro atoms. The Morgan fingerprint density at radius 3 is 1.68 bits per heavy atom. The van der Waals surface area contributed by atoms with Gasteiger partial charge in [0.2, 0.25) is 5.91 Å². The van der Waals surface area contributed by atoms with E-state index in [0.29, 0.717) is 12.8 Å². The van der Waals surface area contributed by atoms with E-state index in [4.69, 9.17) is 13.8 Å². The van der Waals surface area contributed by atoms with E-state index in [0.717, 1.165) is 64.2 Å². The minimum Gasteiger partial charge on any atom is -0.480 e. The van der Waals surface area contributed by atoms with Crippen LogP contribution in [0.3, 0.4) is 0 Å². The van der Waals surface area contributed by atoms with Crippen LogP contribution in [0.15, 0.2) is 36.5 Å². The fourth-order valence-corrected chi connectivity index (χ4v) is 5.68. The normalized spacial score (nSPS) is 14.3. The van der Waals surface area contributed by atoms with E-state index >= 15 is 0 Å². The van der Waals surface area contributed by atoms with Crippen LogP contribution in [-0.4, -0.2) is 64.9 Å². The maximum absolute atomic E-state index is 12.1. The van der Waals surface area contributed by atoms with Crippen LogP contribution >= 0.6 is 7.82 Å². The first kappa shape index (κ1) is 47.7. The number of aliphatic carboxylic acids is 1. The van der Waals surface area contributed by atoms with Crippen LogP contribution in [0.4, 0.5) is 0 Å². The number of nitrogens with one attached hydrogen (secondary N) is 1. The molecule has 1 amide bonds. The zero-order valence-electron chi connectivity index (χ0n) is 30.9. The Kier molecular flexibility index (Phi) is 32.3. The second kappa shape index (κ2) is 33.8. The van der Waals surface area contributed by atoms with Gasteiger partial charge in [-0.1, -0.05) is 127 Å². The molecule has 0 aromatic rings. The summed E-state index contributed by atoms with van der Waals surface area (Å²) in [6.45, 7) is 2.40. The summed E-state index contributed by atoms with van der Waals surface area (Å²) in [5.41, 5.74) is 0. The number of aliphatic hydroxyl groups excluding tert-OH is 1. The summed E-state index contributed by atoms with van der Waals surface area (Å²) in [4.78, 5) is 45.3. The van der Waals surface area contributed by atoms with E-state index in [-0.39, 0.29) is 12.8 Å². The lowest BCUT2D eigenvalue weighted by Gasteiger charge is -2.18. The quantitative estimate of drug-likeness (QED) is 0.0214. The summed E-state index contributed by atoms with van der Waals surface area (Å²) in [5.74, 6) is -2.40. The molecule has 11 nitrogen and oxygen atoms in total. The summed E-state index contributed by atoms with van der Waals surface area (Å²) in [5, 5.41) is 21.6. The van der Waals surface area contributed by atoms with Gasteiger partial charge in [0.25, 0.3) is 0 Å². The van der Waals surface area contributed by atoms with Crippen LogP contribution in [-0.2, 0) is 32.7 Å². The number of esters is 1. The maximum atomic E-state index is 12.1. The maximum Gasteiger partial charge on any atom is 0.472 e. The highest BCUT2D eigenvalue weighted by atomic mass is 31.2. The fourth-order valence-electron chi connectivity index (χ4n) is 4.91. The second-order valence-corrected chi connectivity index (χ2v) is 14.2. The van der Waals surface area contributed by atoms with Crippen molar-refractivity contribution in [2.24, 2.45) is 0 Å². The van der Waals surface area contributed by atoms with E-state index in [1.54, 1.807) is 0 Å². The summed E-state index contributed by atoms with van der Waals surface area (Å²) in [6, 6.07) is -1.54. The predicted octanol–water partition coefficient (Wildman–Crippen LogP) is 8.88. The molecule has 12 heteroatoms. The molecule has 0 aromatic heterocycles. The van der Waals surface area contributed by atoms with E-state index in [9.17, 15) is 34.1 Å². The Morgan fingerprint density at radius 2 is 1.10 bits per heavy atom. The van der Waals surface area contributed by atoms with Crippen molar-refractivity contribution in [1.29, 1.82) is 0 Å². The summed E-state index contributed by atoms with van der Waals surface area (Å²) in [6.07, 6.45) is 33.8. The van der Waals surface area contributed by atoms with Crippen molar-refractivity contribution in [3.05, 3.63) is 36.5 Å². The Labute approximate surface area is 301 Å². The molecular formula is C38H68NO10P. The monoisotopic (exact) mass is 729 g/mol. The lowest BCUT2D eigenvalue weighted by molar-refractivity contribution is -0.147. The van der Waals surface area contributed by atoms with Crippen molar-refractivity contribution < 1.29 is 47.8 Å². The van der Waals surface area contributed by atoms with Crippen molar-refractivity contribution in [3.8, 4) is 0 Å². The van der Waals surface area contributed by atoms with Crippen LogP contribution in [0, 0.1) is 0 Å². The molecule has 0 aliphatic heterocycles. The molecule has 0 bridgehead atoms. The summed E-state index contributed by atoms with van der Waals surface area (Å²) in [7, 11) is -4.74. The van der Waals surface area contributed by atoms with Crippen molar-refractivity contribution in [2.75, 3.05) is 19.8 Å². The number of hydrogen-bond acceptors (Lipinski definition) is 8. The molecule has 0 saturated carbocycles. The van der Waals surface area contributed by atoms with Gasteiger partial charge in [-0.05, 0) is 51.4 Å². The molecule has 290 valence electrons. The highest BCUT2D eigenvalue weighted by molar-refractivity contribution is 7.47. The molecule has 0 aliphatic carbocycles. The molecule has 0 fully saturated rings. The second-order valence-electron chi connectivity index (χ2n) is 12.8. The highest BCUT2D eigenvalue weighted by Crippen LogP contribution is 2.43. The molecule has 0 saturated heterocycles. The Balaban J connectivity index is 3.84. The molecule has 3 atom stereocenters. The number of allylic oxidation sites excluding steroid dienone is 6. The van der Waals surface area contributed by atoms with Crippen molar-refractivity contribution >= 4 is 25.7 Å². The average molecular weight is 730 g/mol. The SMILES string of the molecule is CCCCC/C=C\C/C=C\C/C=C\CCCCCCCCCCC(=O)OCC(O)COP(=O)(O)OCC(NC(=O)CCCCCCC)C(=O)O. The van der Waals surface area contributed by atoms with E-state index in [1.807, 2.05) is 0 Å². The van der Waals surface area contributed by atoms with Crippen LogP contribution < -0.4 is 5.32 Å². The topological polar surface area (TPSA) is 169 Å². The van der Waals surface area contributed by atoms with Crippen molar-refractivity contribution in [1.82, 2.24) is 5.32 Å². The van der Waals surface area contributed by atoms with E-state index < -0.39 is 57.6 Å². The van der Waals surface area contributed by atoms with Crippen LogP contribution in [0.25, 0.3) is 0 Å². The van der Waals surface area contributed by atoms with E-state index in [2.05, 4.69) is 55.6 Å². The molecule has 0 aromatic carbocycles. The zero-order chi connectivity index (χ0) is 37.1. The standard InChI is InChI=1S/C38H68NO10P/c1-3-5-7-9-10-11-12-13-14-15-16-17-18-19-20-21-22-23-24-26-28-30-37(42)47-31-34(40)32-48-50(45,46)49-33-35(38(43)44)39-36(41)29-27-25-8-6-4-2/h10-11,13-14,16-17,34-35,40H,3-9,12,15,18-33H2,1-2H3,(H,39,41)(H,43,44)(H,45,46)/b11-10-,14-13-,17-16-. The number of ether oxygens (including phenoxy) is 1. The fraction of sp³-hybridized carbons (Fsp3) is 0.763. The number of carbonyl (C=O) groups is 3. The number of unbranched alkanes of at least 4 members (excludes halogenated alkanes) is 15. The van der Waals surface area contributed by atoms with Crippen molar-refractivity contribution in [2.45, 2.75) is 167 Å². The van der Waals surface area contributed by atoms with Gasteiger partial charge >= 0.3 is 19.8 Å². The number of phosphoric ester groups is 1. The molecule has 0 heterocycles. The van der Waals surface area contributed by atoms with Gasteiger partial charge in [0, 0.05) is 12.8 Å². The number of carboxylic acids is 1. The third-order valence-corrected chi connectivity index (χ3v) is 8.88. The average Bonchev–Trinajstić information content (AvgIpc) is 3.08. The van der Waals surface area contributed by atoms with Crippen molar-refractivity contribution in [3.63, 3.8) is 0 Å². The van der Waals surface area contributed by atoms with Crippen LogP contribution in [0.2, 0.25) is 0 Å². The number of carboxylic acid groups (broad SMARTS) is 1. The van der Waals surface area contributed by atoms with Gasteiger partial charge in [0.05, 0.1) is 13.2 Å². The number of phosphoric acid groups is 1.